The maximum Gasteiger partial charge on any atom is 0.216 e. The number of Topliss-reactive ketones (excluding diaryl/α,β-unsaturated/α-hetero) is 1. The summed E-state index contributed by atoms with van der Waals surface area (Å²) in [5.74, 6) is 1.60. The number of methoxy groups -OCH3 is 1. The van der Waals surface area contributed by atoms with E-state index in [1.165, 1.54) is 6.33 Å². The molecule has 80 valence electrons. The van der Waals surface area contributed by atoms with Crippen molar-refractivity contribution in [1.29, 1.82) is 0 Å². The van der Waals surface area contributed by atoms with Crippen LogP contribution in [0, 0.1) is 11.8 Å². The molecular weight excluding hydrogens is 192 g/mol. The molecule has 0 radical (unpaired) electrons. The van der Waals surface area contributed by atoms with Crippen LogP contribution in [0.15, 0.2) is 12.4 Å². The third kappa shape index (κ3) is 2.32. The highest BCUT2D eigenvalue weighted by Gasteiger charge is 2.38. The van der Waals surface area contributed by atoms with Gasteiger partial charge in [-0.05, 0) is 12.3 Å². The summed E-state index contributed by atoms with van der Waals surface area (Å²) in [5.41, 5.74) is 0.742. The van der Waals surface area contributed by atoms with Gasteiger partial charge in [0.05, 0.1) is 12.8 Å². The third-order valence-electron chi connectivity index (χ3n) is 2.79. The largest absolute Gasteiger partial charge is 0.481 e. The van der Waals surface area contributed by atoms with Gasteiger partial charge in [0.2, 0.25) is 5.88 Å². The van der Waals surface area contributed by atoms with Gasteiger partial charge in [-0.2, -0.15) is 0 Å². The Morgan fingerprint density at radius 2 is 2.33 bits per heavy atom. The highest BCUT2D eigenvalue weighted by molar-refractivity contribution is 5.85. The van der Waals surface area contributed by atoms with Gasteiger partial charge in [-0.3, -0.25) is 4.79 Å². The normalized spacial score (nSPS) is 23.6. The molecular formula is C11H14N2O2. The van der Waals surface area contributed by atoms with Gasteiger partial charge < -0.3 is 4.74 Å². The van der Waals surface area contributed by atoms with Crippen molar-refractivity contribution < 1.29 is 9.53 Å². The Bertz CT molecular complexity index is 379. The number of ether oxygens (including phenoxy) is 1. The summed E-state index contributed by atoms with van der Waals surface area (Å²) in [4.78, 5) is 19.6. The SMILES string of the molecule is COc1cc(CC(=O)C2CC2C)ncn1. The first-order valence-corrected chi connectivity index (χ1v) is 5.08. The fourth-order valence-electron chi connectivity index (χ4n) is 1.67. The maximum atomic E-state index is 11.7. The van der Waals surface area contributed by atoms with Crippen LogP contribution in [-0.4, -0.2) is 22.9 Å². The molecule has 2 rings (SSSR count). The molecule has 1 aromatic rings. The summed E-state index contributed by atoms with van der Waals surface area (Å²) in [5, 5.41) is 0. The van der Waals surface area contributed by atoms with E-state index in [1.54, 1.807) is 13.2 Å². The van der Waals surface area contributed by atoms with Gasteiger partial charge >= 0.3 is 0 Å². The summed E-state index contributed by atoms with van der Waals surface area (Å²) in [6.45, 7) is 2.10. The summed E-state index contributed by atoms with van der Waals surface area (Å²) in [7, 11) is 1.55. The molecule has 1 aliphatic carbocycles. The molecule has 0 spiro atoms. The van der Waals surface area contributed by atoms with E-state index < -0.39 is 0 Å². The van der Waals surface area contributed by atoms with Gasteiger partial charge in [0, 0.05) is 18.4 Å². The zero-order valence-corrected chi connectivity index (χ0v) is 8.93. The molecule has 0 saturated heterocycles. The van der Waals surface area contributed by atoms with Crippen LogP contribution < -0.4 is 4.74 Å². The van der Waals surface area contributed by atoms with Crippen LogP contribution in [0.4, 0.5) is 0 Å². The minimum atomic E-state index is 0.256. The maximum absolute atomic E-state index is 11.7. The first-order valence-electron chi connectivity index (χ1n) is 5.08. The summed E-state index contributed by atoms with van der Waals surface area (Å²) < 4.78 is 4.97. The highest BCUT2D eigenvalue weighted by Crippen LogP contribution is 2.38. The van der Waals surface area contributed by atoms with Crippen LogP contribution in [0.25, 0.3) is 0 Å². The first-order chi connectivity index (χ1) is 7.20. The number of carbonyl (C=O) groups is 1. The quantitative estimate of drug-likeness (QED) is 0.744. The second-order valence-corrected chi connectivity index (χ2v) is 4.01. The van der Waals surface area contributed by atoms with E-state index in [-0.39, 0.29) is 11.7 Å². The Morgan fingerprint density at radius 3 is 2.93 bits per heavy atom. The van der Waals surface area contributed by atoms with Crippen LogP contribution in [0.2, 0.25) is 0 Å². The van der Waals surface area contributed by atoms with Crippen molar-refractivity contribution in [2.45, 2.75) is 19.8 Å². The second-order valence-electron chi connectivity index (χ2n) is 4.01. The monoisotopic (exact) mass is 206 g/mol. The van der Waals surface area contributed by atoms with Crippen molar-refractivity contribution in [3.63, 3.8) is 0 Å². The molecule has 1 saturated carbocycles. The number of hydrogen-bond donors (Lipinski definition) is 0. The van der Waals surface area contributed by atoms with Crippen molar-refractivity contribution in [2.75, 3.05) is 7.11 Å². The van der Waals surface area contributed by atoms with Gasteiger partial charge in [0.1, 0.15) is 12.1 Å². The lowest BCUT2D eigenvalue weighted by Gasteiger charge is -2.01. The molecule has 0 aromatic carbocycles. The van der Waals surface area contributed by atoms with Gasteiger partial charge in [-0.15, -0.1) is 0 Å². The molecule has 2 unspecified atom stereocenters. The average Bonchev–Trinajstić information content (AvgIpc) is 2.96. The average molecular weight is 206 g/mol. The standard InChI is InChI=1S/C11H14N2O2/c1-7-3-9(7)10(14)4-8-5-11(15-2)13-6-12-8/h5-7,9H,3-4H2,1-2H3. The fourth-order valence-corrected chi connectivity index (χ4v) is 1.67. The van der Waals surface area contributed by atoms with Crippen LogP contribution in [0.5, 0.6) is 5.88 Å². The molecule has 0 amide bonds. The number of hydrogen-bond acceptors (Lipinski definition) is 4. The second kappa shape index (κ2) is 3.96. The van der Waals surface area contributed by atoms with Crippen LogP contribution in [0.3, 0.4) is 0 Å². The molecule has 1 aliphatic rings. The molecule has 0 N–H and O–H groups in total. The predicted molar refractivity (Wildman–Crippen MR) is 54.6 cm³/mol. The summed E-state index contributed by atoms with van der Waals surface area (Å²) in [6, 6.07) is 1.71. The molecule has 0 bridgehead atoms. The van der Waals surface area contributed by atoms with E-state index in [1.807, 2.05) is 0 Å². The van der Waals surface area contributed by atoms with E-state index in [9.17, 15) is 4.79 Å². The lowest BCUT2D eigenvalue weighted by molar-refractivity contribution is -0.119. The molecule has 2 atom stereocenters. The zero-order valence-electron chi connectivity index (χ0n) is 8.93. The number of carbonyl (C=O) groups excluding carboxylic acids is 1. The fraction of sp³-hybridized carbons (Fsp3) is 0.545. The molecule has 15 heavy (non-hydrogen) atoms. The van der Waals surface area contributed by atoms with E-state index in [0.717, 1.165) is 12.1 Å². The minimum Gasteiger partial charge on any atom is -0.481 e. The molecule has 4 heteroatoms. The number of rotatable bonds is 4. The third-order valence-corrected chi connectivity index (χ3v) is 2.79. The van der Waals surface area contributed by atoms with Crippen molar-refractivity contribution >= 4 is 5.78 Å². The lowest BCUT2D eigenvalue weighted by Crippen LogP contribution is -2.08. The Labute approximate surface area is 88.7 Å². The molecule has 1 heterocycles. The number of ketones is 1. The molecule has 1 fully saturated rings. The number of aromatic nitrogens is 2. The van der Waals surface area contributed by atoms with E-state index >= 15 is 0 Å². The van der Waals surface area contributed by atoms with E-state index in [4.69, 9.17) is 4.74 Å². The zero-order chi connectivity index (χ0) is 10.8. The predicted octanol–water partition coefficient (Wildman–Crippen LogP) is 1.25. The van der Waals surface area contributed by atoms with Crippen LogP contribution in [0.1, 0.15) is 19.0 Å². The molecule has 0 aliphatic heterocycles. The topological polar surface area (TPSA) is 52.1 Å². The van der Waals surface area contributed by atoms with Crippen LogP contribution >= 0.6 is 0 Å². The summed E-state index contributed by atoms with van der Waals surface area (Å²) in [6.07, 6.45) is 2.85. The highest BCUT2D eigenvalue weighted by atomic mass is 16.5. The van der Waals surface area contributed by atoms with E-state index in [2.05, 4.69) is 16.9 Å². The molecule has 4 nitrogen and oxygen atoms in total. The van der Waals surface area contributed by atoms with Crippen molar-refractivity contribution in [1.82, 2.24) is 9.97 Å². The first kappa shape index (κ1) is 10.1. The van der Waals surface area contributed by atoms with Gasteiger partial charge in [0.25, 0.3) is 0 Å². The summed E-state index contributed by atoms with van der Waals surface area (Å²) >= 11 is 0. The van der Waals surface area contributed by atoms with Crippen molar-refractivity contribution in [2.24, 2.45) is 11.8 Å². The lowest BCUT2D eigenvalue weighted by atomic mass is 10.1. The minimum absolute atomic E-state index is 0.256. The Hall–Kier alpha value is -1.45. The smallest absolute Gasteiger partial charge is 0.216 e. The Balaban J connectivity index is 2.00. The van der Waals surface area contributed by atoms with Gasteiger partial charge in [0.15, 0.2) is 0 Å². The van der Waals surface area contributed by atoms with Crippen LogP contribution in [-0.2, 0) is 11.2 Å². The van der Waals surface area contributed by atoms with Gasteiger partial charge in [-0.25, -0.2) is 9.97 Å². The van der Waals surface area contributed by atoms with Crippen molar-refractivity contribution in [3.05, 3.63) is 18.1 Å². The van der Waals surface area contributed by atoms with Crippen molar-refractivity contribution in [3.8, 4) is 5.88 Å². The Kier molecular flexibility index (Phi) is 2.66. The molecule has 1 aromatic heterocycles. The van der Waals surface area contributed by atoms with E-state index in [0.29, 0.717) is 18.2 Å². The Morgan fingerprint density at radius 1 is 1.60 bits per heavy atom. The van der Waals surface area contributed by atoms with Gasteiger partial charge in [-0.1, -0.05) is 6.92 Å². The number of nitrogens with zero attached hydrogens (tertiary/aromatic N) is 2.